The summed E-state index contributed by atoms with van der Waals surface area (Å²) in [5.74, 6) is 2.76. The van der Waals surface area contributed by atoms with Gasteiger partial charge in [0, 0.05) is 0 Å². The van der Waals surface area contributed by atoms with Crippen molar-refractivity contribution in [2.45, 2.75) is 6.42 Å². The van der Waals surface area contributed by atoms with Gasteiger partial charge in [0.25, 0.3) is 0 Å². The van der Waals surface area contributed by atoms with Crippen LogP contribution < -0.4 is 15.8 Å². The van der Waals surface area contributed by atoms with Crippen LogP contribution in [0.25, 0.3) is 0 Å². The lowest BCUT2D eigenvalue weighted by Gasteiger charge is -2.10. The van der Waals surface area contributed by atoms with Gasteiger partial charge < -0.3 is 15.8 Å². The molecular weight excluding hydrogens is 204 g/mol. The Hall–Kier alpha value is -2.15. The summed E-state index contributed by atoms with van der Waals surface area (Å²) in [5.41, 5.74) is 5.82. The number of amides is 1. The van der Waals surface area contributed by atoms with Gasteiger partial charge in [-0.1, -0.05) is 18.1 Å². The van der Waals surface area contributed by atoms with Gasteiger partial charge in [0.15, 0.2) is 0 Å². The number of carbonyl (C=O) groups is 1. The molecule has 0 radical (unpaired) electrons. The molecule has 4 nitrogen and oxygen atoms in total. The molecule has 0 bridgehead atoms. The van der Waals surface area contributed by atoms with Gasteiger partial charge in [0.05, 0.1) is 25.3 Å². The van der Waals surface area contributed by atoms with E-state index in [2.05, 4.69) is 11.2 Å². The van der Waals surface area contributed by atoms with Crippen molar-refractivity contribution in [1.29, 1.82) is 0 Å². The molecule has 0 aliphatic rings. The Kier molecular flexibility index (Phi) is 4.74. The summed E-state index contributed by atoms with van der Waals surface area (Å²) in [7, 11) is 0. The highest BCUT2D eigenvalue weighted by atomic mass is 16.5. The zero-order chi connectivity index (χ0) is 11.8. The quantitative estimate of drug-likeness (QED) is 0.700. The number of nitrogens with one attached hydrogen (secondary N) is 1. The fourth-order valence-electron chi connectivity index (χ4n) is 1.15. The summed E-state index contributed by atoms with van der Waals surface area (Å²) in [4.78, 5) is 10.5. The number of hydrogen-bond acceptors (Lipinski definition) is 3. The highest BCUT2D eigenvalue weighted by Crippen LogP contribution is 2.23. The predicted octanol–water partition coefficient (Wildman–Crippen LogP) is 0.986. The van der Waals surface area contributed by atoms with Gasteiger partial charge >= 0.3 is 0 Å². The van der Waals surface area contributed by atoms with Gasteiger partial charge in [-0.2, -0.15) is 0 Å². The molecule has 0 saturated carbocycles. The third-order valence-corrected chi connectivity index (χ3v) is 1.87. The third kappa shape index (κ3) is 3.93. The molecule has 0 aliphatic carbocycles. The van der Waals surface area contributed by atoms with Crippen LogP contribution in [0, 0.1) is 12.3 Å². The van der Waals surface area contributed by atoms with Crippen LogP contribution in [-0.4, -0.2) is 19.1 Å². The summed E-state index contributed by atoms with van der Waals surface area (Å²) in [6.07, 6.45) is 5.35. The number of carbonyl (C=O) groups excluding carboxylic acids is 1. The Morgan fingerprint density at radius 3 is 2.94 bits per heavy atom. The van der Waals surface area contributed by atoms with Crippen LogP contribution >= 0.6 is 0 Å². The van der Waals surface area contributed by atoms with Gasteiger partial charge in [-0.25, -0.2) is 0 Å². The number of anilines is 1. The van der Waals surface area contributed by atoms with Crippen molar-refractivity contribution in [2.24, 2.45) is 5.73 Å². The number of primary amides is 1. The van der Waals surface area contributed by atoms with E-state index in [-0.39, 0.29) is 18.9 Å². The van der Waals surface area contributed by atoms with Crippen LogP contribution in [0.2, 0.25) is 0 Å². The lowest BCUT2D eigenvalue weighted by molar-refractivity contribution is -0.118. The Morgan fingerprint density at radius 1 is 1.50 bits per heavy atom. The zero-order valence-electron chi connectivity index (χ0n) is 8.90. The number of terminal acetylenes is 1. The number of rotatable bonds is 6. The molecule has 3 N–H and O–H groups in total. The number of nitrogens with two attached hydrogens (primary N) is 1. The Balaban J connectivity index is 2.57. The molecule has 0 aliphatic heterocycles. The van der Waals surface area contributed by atoms with E-state index in [1.165, 1.54) is 0 Å². The van der Waals surface area contributed by atoms with Crippen LogP contribution in [0.1, 0.15) is 6.42 Å². The monoisotopic (exact) mass is 218 g/mol. The number of benzene rings is 1. The smallest absolute Gasteiger partial charge is 0.220 e. The first-order valence-electron chi connectivity index (χ1n) is 4.91. The minimum absolute atomic E-state index is 0.198. The maximum Gasteiger partial charge on any atom is 0.220 e. The van der Waals surface area contributed by atoms with Crippen molar-refractivity contribution >= 4 is 11.6 Å². The van der Waals surface area contributed by atoms with Crippen LogP contribution in [0.3, 0.4) is 0 Å². The Bertz CT molecular complexity index is 396. The van der Waals surface area contributed by atoms with Crippen LogP contribution in [-0.2, 0) is 4.79 Å². The normalized spacial score (nSPS) is 9.19. The maximum absolute atomic E-state index is 10.5. The summed E-state index contributed by atoms with van der Waals surface area (Å²) in [5, 5.41) is 3.02. The van der Waals surface area contributed by atoms with Crippen LogP contribution in [0.4, 0.5) is 5.69 Å². The molecule has 0 spiro atoms. The fraction of sp³-hybridized carbons (Fsp3) is 0.250. The van der Waals surface area contributed by atoms with E-state index in [0.29, 0.717) is 12.3 Å². The van der Waals surface area contributed by atoms with Crippen molar-refractivity contribution in [2.75, 3.05) is 18.5 Å². The summed E-state index contributed by atoms with van der Waals surface area (Å²) < 4.78 is 5.41. The standard InChI is InChI=1S/C12H14N2O2/c1-2-8-14-10-5-3-4-6-11(10)16-9-7-12(13)15/h1,3-6,14H,7-9H2,(H2,13,15). The molecule has 1 amide bonds. The first-order chi connectivity index (χ1) is 7.74. The molecule has 1 aromatic rings. The molecule has 0 aromatic heterocycles. The van der Waals surface area contributed by atoms with E-state index < -0.39 is 0 Å². The van der Waals surface area contributed by atoms with Gasteiger partial charge in [-0.15, -0.1) is 6.42 Å². The zero-order valence-corrected chi connectivity index (χ0v) is 8.90. The molecule has 84 valence electrons. The van der Waals surface area contributed by atoms with Crippen LogP contribution in [0.5, 0.6) is 5.75 Å². The molecule has 1 rings (SSSR count). The third-order valence-electron chi connectivity index (χ3n) is 1.87. The van der Waals surface area contributed by atoms with E-state index in [0.717, 1.165) is 5.69 Å². The second kappa shape index (κ2) is 6.36. The van der Waals surface area contributed by atoms with E-state index in [4.69, 9.17) is 16.9 Å². The van der Waals surface area contributed by atoms with E-state index >= 15 is 0 Å². The second-order valence-electron chi connectivity index (χ2n) is 3.12. The molecule has 4 heteroatoms. The largest absolute Gasteiger partial charge is 0.491 e. The van der Waals surface area contributed by atoms with Crippen molar-refractivity contribution in [3.63, 3.8) is 0 Å². The van der Waals surface area contributed by atoms with Gasteiger partial charge in [-0.05, 0) is 12.1 Å². The molecule has 0 unspecified atom stereocenters. The SMILES string of the molecule is C#CCNc1ccccc1OCCC(N)=O. The molecule has 0 saturated heterocycles. The first-order valence-corrected chi connectivity index (χ1v) is 4.91. The minimum Gasteiger partial charge on any atom is -0.491 e. The average Bonchev–Trinajstić information content (AvgIpc) is 2.27. The Morgan fingerprint density at radius 2 is 2.25 bits per heavy atom. The number of para-hydroxylation sites is 2. The molecule has 0 fully saturated rings. The molecule has 0 atom stereocenters. The molecule has 16 heavy (non-hydrogen) atoms. The maximum atomic E-state index is 10.5. The van der Waals surface area contributed by atoms with Crippen molar-refractivity contribution in [1.82, 2.24) is 0 Å². The fourth-order valence-corrected chi connectivity index (χ4v) is 1.15. The summed E-state index contributed by atoms with van der Waals surface area (Å²) in [6.45, 7) is 0.695. The summed E-state index contributed by atoms with van der Waals surface area (Å²) in [6, 6.07) is 7.39. The van der Waals surface area contributed by atoms with Crippen LogP contribution in [0.15, 0.2) is 24.3 Å². The van der Waals surface area contributed by atoms with Crippen molar-refractivity contribution in [3.8, 4) is 18.1 Å². The molecular formula is C12H14N2O2. The number of ether oxygens (including phenoxy) is 1. The summed E-state index contributed by atoms with van der Waals surface area (Å²) >= 11 is 0. The lowest BCUT2D eigenvalue weighted by Crippen LogP contribution is -2.15. The van der Waals surface area contributed by atoms with Gasteiger partial charge in [0.2, 0.25) is 5.91 Å². The topological polar surface area (TPSA) is 64.3 Å². The van der Waals surface area contributed by atoms with Crippen molar-refractivity contribution in [3.05, 3.63) is 24.3 Å². The highest BCUT2D eigenvalue weighted by Gasteiger charge is 2.02. The highest BCUT2D eigenvalue weighted by molar-refractivity contribution is 5.73. The lowest BCUT2D eigenvalue weighted by atomic mass is 10.3. The number of hydrogen-bond donors (Lipinski definition) is 2. The van der Waals surface area contributed by atoms with E-state index in [1.807, 2.05) is 18.2 Å². The first kappa shape index (κ1) is 11.9. The predicted molar refractivity (Wildman–Crippen MR) is 63.1 cm³/mol. The van der Waals surface area contributed by atoms with Gasteiger partial charge in [0.1, 0.15) is 5.75 Å². The molecule has 1 aromatic carbocycles. The Labute approximate surface area is 94.8 Å². The van der Waals surface area contributed by atoms with Gasteiger partial charge in [-0.3, -0.25) is 4.79 Å². The van der Waals surface area contributed by atoms with Crippen molar-refractivity contribution < 1.29 is 9.53 Å². The van der Waals surface area contributed by atoms with E-state index in [9.17, 15) is 4.79 Å². The average molecular weight is 218 g/mol. The molecule has 0 heterocycles. The van der Waals surface area contributed by atoms with E-state index in [1.54, 1.807) is 6.07 Å². The minimum atomic E-state index is -0.380. The second-order valence-corrected chi connectivity index (χ2v) is 3.12.